The molecule has 0 unspecified atom stereocenters. The van der Waals surface area contributed by atoms with Gasteiger partial charge in [-0.3, -0.25) is 4.79 Å². The van der Waals surface area contributed by atoms with E-state index in [1.165, 1.54) is 13.0 Å². The molecule has 0 bridgehead atoms. The van der Waals surface area contributed by atoms with Gasteiger partial charge in [0, 0.05) is 33.3 Å². The van der Waals surface area contributed by atoms with Gasteiger partial charge in [-0.15, -0.1) is 0 Å². The second kappa shape index (κ2) is 6.40. The summed E-state index contributed by atoms with van der Waals surface area (Å²) in [6.07, 6.45) is -2.85. The van der Waals surface area contributed by atoms with Gasteiger partial charge >= 0.3 is 6.18 Å². The van der Waals surface area contributed by atoms with Crippen molar-refractivity contribution < 1.29 is 18.0 Å². The summed E-state index contributed by atoms with van der Waals surface area (Å²) in [5.41, 5.74) is -0.761. The smallest absolute Gasteiger partial charge is 0.360 e. The number of pyridine rings is 1. The van der Waals surface area contributed by atoms with Crippen LogP contribution in [0, 0.1) is 0 Å². The molecule has 0 fully saturated rings. The highest BCUT2D eigenvalue weighted by atomic mass is 19.4. The number of hydrogen-bond donors (Lipinski definition) is 1. The standard InChI is InChI=1S/C12H16F3N3O/c1-9(19)16-6-3-7-18(2)11-5-4-10(8-17-11)12(13,14)15/h4-5,8H,3,6-7H2,1-2H3,(H,16,19). The summed E-state index contributed by atoms with van der Waals surface area (Å²) < 4.78 is 37.1. The Balaban J connectivity index is 2.49. The Morgan fingerprint density at radius 1 is 1.42 bits per heavy atom. The number of nitrogens with one attached hydrogen (secondary N) is 1. The topological polar surface area (TPSA) is 45.2 Å². The molecular formula is C12H16F3N3O. The normalized spacial score (nSPS) is 11.2. The van der Waals surface area contributed by atoms with Crippen LogP contribution >= 0.6 is 0 Å². The summed E-state index contributed by atoms with van der Waals surface area (Å²) in [5.74, 6) is 0.367. The lowest BCUT2D eigenvalue weighted by Gasteiger charge is -2.18. The summed E-state index contributed by atoms with van der Waals surface area (Å²) in [6.45, 7) is 2.56. The maximum atomic E-state index is 12.4. The SMILES string of the molecule is CC(=O)NCCCN(C)c1ccc(C(F)(F)F)cn1. The summed E-state index contributed by atoms with van der Waals surface area (Å²) in [5, 5.41) is 2.65. The van der Waals surface area contributed by atoms with Crippen molar-refractivity contribution in [3.63, 3.8) is 0 Å². The highest BCUT2D eigenvalue weighted by molar-refractivity contribution is 5.72. The Labute approximate surface area is 109 Å². The van der Waals surface area contributed by atoms with Gasteiger partial charge in [0.25, 0.3) is 0 Å². The van der Waals surface area contributed by atoms with E-state index in [2.05, 4.69) is 10.3 Å². The second-order valence-electron chi connectivity index (χ2n) is 4.16. The van der Waals surface area contributed by atoms with E-state index in [0.29, 0.717) is 25.3 Å². The van der Waals surface area contributed by atoms with Crippen LogP contribution < -0.4 is 10.2 Å². The minimum atomic E-state index is -4.37. The molecule has 0 saturated carbocycles. The third kappa shape index (κ3) is 5.15. The number of rotatable bonds is 5. The molecular weight excluding hydrogens is 259 g/mol. The van der Waals surface area contributed by atoms with E-state index in [-0.39, 0.29) is 5.91 Å². The van der Waals surface area contributed by atoms with Crippen LogP contribution in [0.5, 0.6) is 0 Å². The van der Waals surface area contributed by atoms with E-state index < -0.39 is 11.7 Å². The average Bonchev–Trinajstić information content (AvgIpc) is 2.33. The zero-order valence-corrected chi connectivity index (χ0v) is 10.8. The Morgan fingerprint density at radius 3 is 2.58 bits per heavy atom. The Kier molecular flexibility index (Phi) is 5.14. The first-order valence-electron chi connectivity index (χ1n) is 5.79. The molecule has 1 amide bonds. The quantitative estimate of drug-likeness (QED) is 0.837. The summed E-state index contributed by atoms with van der Waals surface area (Å²) in [6, 6.07) is 2.34. The van der Waals surface area contributed by atoms with Crippen LogP contribution in [0.2, 0.25) is 0 Å². The van der Waals surface area contributed by atoms with Crippen LogP contribution in [0.25, 0.3) is 0 Å². The Morgan fingerprint density at radius 2 is 2.11 bits per heavy atom. The van der Waals surface area contributed by atoms with Gasteiger partial charge in [-0.2, -0.15) is 13.2 Å². The third-order valence-electron chi connectivity index (χ3n) is 2.51. The average molecular weight is 275 g/mol. The summed E-state index contributed by atoms with van der Waals surface area (Å²) in [7, 11) is 1.74. The Hall–Kier alpha value is -1.79. The van der Waals surface area contributed by atoms with Crippen molar-refractivity contribution in [1.82, 2.24) is 10.3 Å². The van der Waals surface area contributed by atoms with Crippen molar-refractivity contribution in [2.24, 2.45) is 0 Å². The molecule has 0 aliphatic carbocycles. The lowest BCUT2D eigenvalue weighted by Crippen LogP contribution is -2.26. The van der Waals surface area contributed by atoms with E-state index in [0.717, 1.165) is 12.3 Å². The zero-order chi connectivity index (χ0) is 14.5. The van der Waals surface area contributed by atoms with Crippen LogP contribution in [-0.4, -0.2) is 31.0 Å². The fourth-order valence-corrected chi connectivity index (χ4v) is 1.47. The largest absolute Gasteiger partial charge is 0.417 e. The fourth-order valence-electron chi connectivity index (χ4n) is 1.47. The van der Waals surface area contributed by atoms with Gasteiger partial charge in [-0.05, 0) is 18.6 Å². The fraction of sp³-hybridized carbons (Fsp3) is 0.500. The molecule has 1 aromatic heterocycles. The van der Waals surface area contributed by atoms with Crippen LogP contribution in [0.4, 0.5) is 19.0 Å². The number of hydrogen-bond acceptors (Lipinski definition) is 3. The molecule has 19 heavy (non-hydrogen) atoms. The van der Waals surface area contributed by atoms with Crippen molar-refractivity contribution >= 4 is 11.7 Å². The van der Waals surface area contributed by atoms with Crippen LogP contribution in [0.1, 0.15) is 18.9 Å². The molecule has 1 N–H and O–H groups in total. The molecule has 4 nitrogen and oxygen atoms in total. The number of carbonyl (C=O) groups excluding carboxylic acids is 1. The Bertz CT molecular complexity index is 417. The van der Waals surface area contributed by atoms with Crippen LogP contribution in [-0.2, 0) is 11.0 Å². The number of anilines is 1. The van der Waals surface area contributed by atoms with E-state index in [1.807, 2.05) is 0 Å². The molecule has 1 heterocycles. The van der Waals surface area contributed by atoms with Crippen LogP contribution in [0.15, 0.2) is 18.3 Å². The minimum absolute atomic E-state index is 0.102. The molecule has 0 radical (unpaired) electrons. The maximum absolute atomic E-state index is 12.4. The first-order chi connectivity index (χ1) is 8.80. The number of nitrogens with zero attached hydrogens (tertiary/aromatic N) is 2. The van der Waals surface area contributed by atoms with Gasteiger partial charge in [0.1, 0.15) is 5.82 Å². The minimum Gasteiger partial charge on any atom is -0.360 e. The molecule has 0 spiro atoms. The summed E-state index contributed by atoms with van der Waals surface area (Å²) >= 11 is 0. The van der Waals surface area contributed by atoms with E-state index in [4.69, 9.17) is 0 Å². The number of alkyl halides is 3. The van der Waals surface area contributed by atoms with Crippen molar-refractivity contribution in [3.8, 4) is 0 Å². The molecule has 0 saturated heterocycles. The van der Waals surface area contributed by atoms with Gasteiger partial charge in [-0.1, -0.05) is 0 Å². The van der Waals surface area contributed by atoms with Crippen molar-refractivity contribution in [1.29, 1.82) is 0 Å². The predicted octanol–water partition coefficient (Wildman–Crippen LogP) is 2.06. The molecule has 1 rings (SSSR count). The van der Waals surface area contributed by atoms with Crippen molar-refractivity contribution in [2.45, 2.75) is 19.5 Å². The molecule has 0 atom stereocenters. The predicted molar refractivity (Wildman–Crippen MR) is 65.8 cm³/mol. The number of carbonyl (C=O) groups is 1. The lowest BCUT2D eigenvalue weighted by atomic mass is 10.2. The molecule has 106 valence electrons. The van der Waals surface area contributed by atoms with Gasteiger partial charge in [0.15, 0.2) is 0 Å². The molecule has 0 aliphatic heterocycles. The molecule has 0 aliphatic rings. The highest BCUT2D eigenvalue weighted by Gasteiger charge is 2.30. The zero-order valence-electron chi connectivity index (χ0n) is 10.8. The second-order valence-corrected chi connectivity index (χ2v) is 4.16. The lowest BCUT2D eigenvalue weighted by molar-refractivity contribution is -0.137. The highest BCUT2D eigenvalue weighted by Crippen LogP contribution is 2.29. The summed E-state index contributed by atoms with van der Waals surface area (Å²) in [4.78, 5) is 16.2. The van der Waals surface area contributed by atoms with Gasteiger partial charge in [0.2, 0.25) is 5.91 Å². The molecule has 1 aromatic rings. The van der Waals surface area contributed by atoms with Gasteiger partial charge in [-0.25, -0.2) is 4.98 Å². The van der Waals surface area contributed by atoms with Crippen LogP contribution in [0.3, 0.4) is 0 Å². The van der Waals surface area contributed by atoms with Crippen molar-refractivity contribution in [3.05, 3.63) is 23.9 Å². The first kappa shape index (κ1) is 15.3. The van der Waals surface area contributed by atoms with E-state index in [9.17, 15) is 18.0 Å². The molecule has 7 heteroatoms. The van der Waals surface area contributed by atoms with E-state index in [1.54, 1.807) is 11.9 Å². The number of aromatic nitrogens is 1. The van der Waals surface area contributed by atoms with Gasteiger partial charge in [0.05, 0.1) is 5.56 Å². The van der Waals surface area contributed by atoms with Gasteiger partial charge < -0.3 is 10.2 Å². The number of amides is 1. The number of halogens is 3. The first-order valence-corrected chi connectivity index (χ1v) is 5.79. The van der Waals surface area contributed by atoms with E-state index >= 15 is 0 Å². The third-order valence-corrected chi connectivity index (χ3v) is 2.51. The maximum Gasteiger partial charge on any atom is 0.417 e. The monoisotopic (exact) mass is 275 g/mol. The van der Waals surface area contributed by atoms with Crippen molar-refractivity contribution in [2.75, 3.05) is 25.0 Å². The molecule has 0 aromatic carbocycles.